The molecule has 8 nitrogen and oxygen atoms in total. The van der Waals surface area contributed by atoms with Crippen LogP contribution >= 0.6 is 0 Å². The molecule has 0 aromatic heterocycles. The minimum Gasteiger partial charge on any atom is -0.390 e. The monoisotopic (exact) mass is 576 g/mol. The fourth-order valence-electron chi connectivity index (χ4n) is 9.75. The van der Waals surface area contributed by atoms with Gasteiger partial charge in [0.15, 0.2) is 0 Å². The van der Waals surface area contributed by atoms with Crippen LogP contribution in [0.4, 0.5) is 0 Å². The lowest BCUT2D eigenvalue weighted by Crippen LogP contribution is -2.76. The second-order valence-electron chi connectivity index (χ2n) is 13.8. The van der Waals surface area contributed by atoms with Gasteiger partial charge in [0.2, 0.25) is 0 Å². The Hall–Kier alpha value is -2.14. The van der Waals surface area contributed by atoms with Gasteiger partial charge in [-0.25, -0.2) is 0 Å². The third-order valence-corrected chi connectivity index (χ3v) is 11.7. The zero-order valence-corrected chi connectivity index (χ0v) is 24.5. The highest BCUT2D eigenvalue weighted by molar-refractivity contribution is 5.40. The number of fused-ring (bicyclic) bond motifs is 3. The summed E-state index contributed by atoms with van der Waals surface area (Å²) in [4.78, 5) is 0. The molecule has 0 spiro atoms. The van der Waals surface area contributed by atoms with Gasteiger partial charge >= 0.3 is 5.97 Å². The van der Waals surface area contributed by atoms with Crippen molar-refractivity contribution < 1.29 is 39.0 Å². The lowest BCUT2D eigenvalue weighted by Gasteiger charge is -2.62. The van der Waals surface area contributed by atoms with Gasteiger partial charge in [0.05, 0.1) is 30.5 Å². The summed E-state index contributed by atoms with van der Waals surface area (Å²) in [6.45, 7) is 12.5. The fraction of sp³-hybridized carbons (Fsp3) is 0.588. The maximum Gasteiger partial charge on any atom is 0.313 e. The second-order valence-corrected chi connectivity index (χ2v) is 13.8. The van der Waals surface area contributed by atoms with Gasteiger partial charge < -0.3 is 39.0 Å². The van der Waals surface area contributed by atoms with Crippen molar-refractivity contribution in [3.8, 4) is 0 Å². The largest absolute Gasteiger partial charge is 0.390 e. The molecule has 2 aromatic rings. The molecule has 0 amide bonds. The van der Waals surface area contributed by atoms with E-state index in [1.165, 1.54) is 0 Å². The van der Waals surface area contributed by atoms with E-state index in [0.29, 0.717) is 18.6 Å². The zero-order chi connectivity index (χ0) is 29.4. The zero-order valence-electron chi connectivity index (χ0n) is 24.5. The molecule has 3 aliphatic heterocycles. The minimum atomic E-state index is -1.88. The molecule has 3 heterocycles. The Morgan fingerprint density at radius 1 is 0.976 bits per heavy atom. The van der Waals surface area contributed by atoms with Gasteiger partial charge in [-0.1, -0.05) is 81.1 Å². The predicted octanol–water partition coefficient (Wildman–Crippen LogP) is 3.43. The molecule has 6 fully saturated rings. The second kappa shape index (κ2) is 8.52. The smallest absolute Gasteiger partial charge is 0.313 e. The molecule has 6 aliphatic rings. The van der Waals surface area contributed by atoms with Gasteiger partial charge in [-0.05, 0) is 37.3 Å². The number of epoxide rings is 1. The molecule has 3 bridgehead atoms. The van der Waals surface area contributed by atoms with Gasteiger partial charge in [-0.2, -0.15) is 0 Å². The summed E-state index contributed by atoms with van der Waals surface area (Å²) in [5.41, 5.74) is -2.78. The number of aliphatic hydroxyl groups excluding tert-OH is 2. The normalized spacial score (nSPS) is 53.2. The number of ether oxygens (including phenoxy) is 5. The van der Waals surface area contributed by atoms with E-state index in [-0.39, 0.29) is 11.8 Å². The summed E-state index contributed by atoms with van der Waals surface area (Å²) < 4.78 is 34.6. The lowest BCUT2D eigenvalue weighted by molar-refractivity contribution is -0.444. The molecule has 224 valence electrons. The molecule has 8 heteroatoms. The Morgan fingerprint density at radius 2 is 1.64 bits per heavy atom. The van der Waals surface area contributed by atoms with E-state index in [2.05, 4.69) is 13.5 Å². The van der Waals surface area contributed by atoms with Gasteiger partial charge in [0.1, 0.15) is 29.0 Å². The summed E-state index contributed by atoms with van der Waals surface area (Å²) in [5.74, 6) is -3.36. The highest BCUT2D eigenvalue weighted by Gasteiger charge is 2.89. The SMILES string of the molecule is C=C(C)[C@@]12OC3(c4ccccc4)O[C@@H]1[C@@H]1[C@@H]4O[C@]4(C)[C@@H](O)[C@@]4(O)[C@@H](C[C@H](C)[C@@H]4O)[C@@]1(O3)[C@H](C)[C@@H]2OCc1ccccc1. The van der Waals surface area contributed by atoms with Crippen molar-refractivity contribution in [2.45, 2.75) is 99.6 Å². The first-order valence-electron chi connectivity index (χ1n) is 15.2. The van der Waals surface area contributed by atoms with Crippen LogP contribution in [0.15, 0.2) is 72.8 Å². The average molecular weight is 577 g/mol. The van der Waals surface area contributed by atoms with E-state index < -0.39 is 70.7 Å². The number of benzene rings is 2. The number of hydrogen-bond acceptors (Lipinski definition) is 8. The summed E-state index contributed by atoms with van der Waals surface area (Å²) in [7, 11) is 0. The third-order valence-electron chi connectivity index (χ3n) is 11.7. The quantitative estimate of drug-likeness (QED) is 0.367. The number of rotatable bonds is 5. The van der Waals surface area contributed by atoms with Gasteiger partial charge in [-0.3, -0.25) is 0 Å². The predicted molar refractivity (Wildman–Crippen MR) is 151 cm³/mol. The van der Waals surface area contributed by atoms with Crippen LogP contribution in [0.5, 0.6) is 0 Å². The average Bonchev–Trinajstić information content (AvgIpc) is 3.54. The molecule has 14 atom stereocenters. The van der Waals surface area contributed by atoms with Crippen LogP contribution in [0.3, 0.4) is 0 Å². The number of aliphatic hydroxyl groups is 3. The standard InChI is InChI=1S/C34H40O8/c1-18(2)32-26(38-17-21-12-8-6-9-13-21)20(4)33-23-16-19(3)25(35)31(23,37)29(36)30(5)27(39-30)24(33)28(32)40-34(41-32,42-33)22-14-10-7-11-15-22/h6-15,19-20,23-29,35-37H,1,16-17H2,2-5H3/t19-,20+,23+,24-,25-,26-,27-,28+,29+,30-,31+,32-,33-,34?/m0/s1. The Bertz CT molecular complexity index is 1420. The molecule has 1 unspecified atom stereocenters. The van der Waals surface area contributed by atoms with Crippen molar-refractivity contribution in [3.63, 3.8) is 0 Å². The summed E-state index contributed by atoms with van der Waals surface area (Å²) >= 11 is 0. The van der Waals surface area contributed by atoms with E-state index in [0.717, 1.165) is 11.1 Å². The van der Waals surface area contributed by atoms with Crippen LogP contribution in [-0.4, -0.2) is 68.2 Å². The molecule has 42 heavy (non-hydrogen) atoms. The molecule has 8 rings (SSSR count). The van der Waals surface area contributed by atoms with E-state index in [1.807, 2.05) is 81.4 Å². The van der Waals surface area contributed by atoms with Crippen molar-refractivity contribution in [2.24, 2.45) is 23.7 Å². The topological polar surface area (TPSA) is 110 Å². The molecule has 0 radical (unpaired) electrons. The minimum absolute atomic E-state index is 0.287. The van der Waals surface area contributed by atoms with Crippen molar-refractivity contribution in [1.82, 2.24) is 0 Å². The van der Waals surface area contributed by atoms with E-state index in [1.54, 1.807) is 0 Å². The first-order valence-corrected chi connectivity index (χ1v) is 15.2. The van der Waals surface area contributed by atoms with Crippen LogP contribution in [0.25, 0.3) is 0 Å². The molecule has 2 aromatic carbocycles. The molecule has 3 saturated carbocycles. The Balaban J connectivity index is 1.37. The Morgan fingerprint density at radius 3 is 2.31 bits per heavy atom. The first kappa shape index (κ1) is 27.4. The van der Waals surface area contributed by atoms with Crippen molar-refractivity contribution in [2.75, 3.05) is 0 Å². The maximum atomic E-state index is 12.5. The summed E-state index contributed by atoms with van der Waals surface area (Å²) in [6, 6.07) is 19.5. The molecule has 3 saturated heterocycles. The Kier molecular flexibility index (Phi) is 5.56. The molecular weight excluding hydrogens is 536 g/mol. The summed E-state index contributed by atoms with van der Waals surface area (Å²) in [6.07, 6.45) is -3.75. The van der Waals surface area contributed by atoms with E-state index in [4.69, 9.17) is 23.7 Å². The van der Waals surface area contributed by atoms with Crippen LogP contribution in [0.2, 0.25) is 0 Å². The van der Waals surface area contributed by atoms with Crippen molar-refractivity contribution in [3.05, 3.63) is 83.9 Å². The molecule has 3 aliphatic carbocycles. The van der Waals surface area contributed by atoms with Crippen LogP contribution < -0.4 is 0 Å². The van der Waals surface area contributed by atoms with Gasteiger partial charge in [0.25, 0.3) is 0 Å². The van der Waals surface area contributed by atoms with Gasteiger partial charge in [-0.15, -0.1) is 0 Å². The fourth-order valence-corrected chi connectivity index (χ4v) is 9.75. The van der Waals surface area contributed by atoms with E-state index in [9.17, 15) is 15.3 Å². The van der Waals surface area contributed by atoms with Crippen LogP contribution in [-0.2, 0) is 36.3 Å². The van der Waals surface area contributed by atoms with Crippen molar-refractivity contribution >= 4 is 0 Å². The molecular formula is C34H40O8. The number of hydrogen-bond donors (Lipinski definition) is 3. The van der Waals surface area contributed by atoms with Crippen LogP contribution in [0.1, 0.15) is 45.2 Å². The maximum absolute atomic E-state index is 12.5. The third kappa shape index (κ3) is 3.00. The van der Waals surface area contributed by atoms with Gasteiger partial charge in [0, 0.05) is 23.3 Å². The summed E-state index contributed by atoms with van der Waals surface area (Å²) in [5, 5.41) is 36.0. The van der Waals surface area contributed by atoms with E-state index >= 15 is 0 Å². The molecule has 3 N–H and O–H groups in total. The van der Waals surface area contributed by atoms with Crippen LogP contribution in [0, 0.1) is 23.7 Å². The Labute approximate surface area is 246 Å². The lowest BCUT2D eigenvalue weighted by atomic mass is 9.52. The highest BCUT2D eigenvalue weighted by Crippen LogP contribution is 2.75. The highest BCUT2D eigenvalue weighted by atomic mass is 16.9. The van der Waals surface area contributed by atoms with Crippen molar-refractivity contribution in [1.29, 1.82) is 0 Å². The first-order chi connectivity index (χ1) is 20.0.